The summed E-state index contributed by atoms with van der Waals surface area (Å²) in [6.07, 6.45) is 6.75. The second-order valence-corrected chi connectivity index (χ2v) is 7.14. The molecule has 0 aromatic heterocycles. The lowest BCUT2D eigenvalue weighted by Crippen LogP contribution is -2.39. The molecule has 1 saturated heterocycles. The van der Waals surface area contributed by atoms with E-state index in [4.69, 9.17) is 0 Å². The van der Waals surface area contributed by atoms with Gasteiger partial charge in [-0.25, -0.2) is 4.79 Å². The van der Waals surface area contributed by atoms with E-state index in [0.29, 0.717) is 12.5 Å². The molecule has 0 spiro atoms. The lowest BCUT2D eigenvalue weighted by molar-refractivity contribution is 0.230. The maximum Gasteiger partial charge on any atom is 0.315 e. The van der Waals surface area contributed by atoms with Gasteiger partial charge in [-0.15, -0.1) is 0 Å². The number of nitrogens with one attached hydrogen (secondary N) is 2. The first-order chi connectivity index (χ1) is 11.2. The predicted octanol–water partition coefficient (Wildman–Crippen LogP) is 3.06. The quantitative estimate of drug-likeness (QED) is 0.877. The second-order valence-electron chi connectivity index (χ2n) is 7.14. The Morgan fingerprint density at radius 1 is 1.13 bits per heavy atom. The molecule has 4 heteroatoms. The van der Waals surface area contributed by atoms with Crippen molar-refractivity contribution in [3.05, 3.63) is 35.4 Å². The molecule has 126 valence electrons. The summed E-state index contributed by atoms with van der Waals surface area (Å²) in [6, 6.07) is 9.04. The lowest BCUT2D eigenvalue weighted by atomic mass is 10.1. The fraction of sp³-hybridized carbons (Fsp3) is 0.632. The van der Waals surface area contributed by atoms with E-state index in [9.17, 15) is 4.79 Å². The Hall–Kier alpha value is -1.55. The number of benzene rings is 1. The van der Waals surface area contributed by atoms with Gasteiger partial charge in [0, 0.05) is 25.7 Å². The highest BCUT2D eigenvalue weighted by molar-refractivity contribution is 5.73. The van der Waals surface area contributed by atoms with Gasteiger partial charge in [0.25, 0.3) is 0 Å². The van der Waals surface area contributed by atoms with Gasteiger partial charge in [0.1, 0.15) is 0 Å². The molecular weight excluding hydrogens is 286 g/mol. The number of carbonyl (C=O) groups is 1. The molecule has 2 fully saturated rings. The van der Waals surface area contributed by atoms with Crippen LogP contribution in [0.3, 0.4) is 0 Å². The third-order valence-electron chi connectivity index (χ3n) is 5.28. The molecule has 1 unspecified atom stereocenters. The fourth-order valence-electron chi connectivity index (χ4n) is 3.82. The second kappa shape index (κ2) is 7.82. The van der Waals surface area contributed by atoms with Crippen LogP contribution in [0.25, 0.3) is 0 Å². The standard InChI is InChI=1S/C19H29N3O/c1-15-6-8-16(9-7-15)12-20-19(23)21-13-17-10-11-22(14-17)18-4-2-3-5-18/h6-9,17-18H,2-5,10-14H2,1H3,(H2,20,21,23). The summed E-state index contributed by atoms with van der Waals surface area (Å²) in [5.41, 5.74) is 2.38. The van der Waals surface area contributed by atoms with Crippen molar-refractivity contribution < 1.29 is 4.79 Å². The molecule has 0 bridgehead atoms. The Morgan fingerprint density at radius 2 is 1.87 bits per heavy atom. The topological polar surface area (TPSA) is 44.4 Å². The molecular formula is C19H29N3O. The Labute approximate surface area is 139 Å². The SMILES string of the molecule is Cc1ccc(CNC(=O)NCC2CCN(C3CCCC3)C2)cc1. The normalized spacial score (nSPS) is 22.4. The van der Waals surface area contributed by atoms with E-state index >= 15 is 0 Å². The summed E-state index contributed by atoms with van der Waals surface area (Å²) in [5.74, 6) is 0.612. The number of hydrogen-bond acceptors (Lipinski definition) is 2. The Kier molecular flexibility index (Phi) is 5.55. The Morgan fingerprint density at radius 3 is 2.61 bits per heavy atom. The first-order valence-corrected chi connectivity index (χ1v) is 9.02. The number of amides is 2. The van der Waals surface area contributed by atoms with E-state index in [2.05, 4.69) is 46.7 Å². The first kappa shape index (κ1) is 16.3. The zero-order valence-corrected chi connectivity index (χ0v) is 14.2. The molecule has 1 atom stereocenters. The predicted molar refractivity (Wildman–Crippen MR) is 93.4 cm³/mol. The van der Waals surface area contributed by atoms with E-state index in [1.54, 1.807) is 0 Å². The van der Waals surface area contributed by atoms with Crippen molar-refractivity contribution in [2.24, 2.45) is 5.92 Å². The molecule has 1 heterocycles. The molecule has 2 N–H and O–H groups in total. The van der Waals surface area contributed by atoms with E-state index in [0.717, 1.165) is 24.7 Å². The summed E-state index contributed by atoms with van der Waals surface area (Å²) in [5, 5.41) is 5.99. The van der Waals surface area contributed by atoms with Crippen LogP contribution >= 0.6 is 0 Å². The van der Waals surface area contributed by atoms with Gasteiger partial charge in [0.15, 0.2) is 0 Å². The maximum absolute atomic E-state index is 11.9. The van der Waals surface area contributed by atoms with Gasteiger partial charge in [-0.05, 0) is 44.2 Å². The third-order valence-corrected chi connectivity index (χ3v) is 5.28. The fourth-order valence-corrected chi connectivity index (χ4v) is 3.82. The number of urea groups is 1. The minimum absolute atomic E-state index is 0.0510. The molecule has 2 aliphatic rings. The number of likely N-dealkylation sites (tertiary alicyclic amines) is 1. The summed E-state index contributed by atoms with van der Waals surface area (Å²) >= 11 is 0. The summed E-state index contributed by atoms with van der Waals surface area (Å²) in [4.78, 5) is 14.6. The molecule has 2 amide bonds. The molecule has 3 rings (SSSR count). The summed E-state index contributed by atoms with van der Waals surface area (Å²) in [7, 11) is 0. The van der Waals surface area contributed by atoms with Gasteiger partial charge in [-0.1, -0.05) is 42.7 Å². The Balaban J connectivity index is 1.33. The average Bonchev–Trinajstić information content (AvgIpc) is 3.23. The van der Waals surface area contributed by atoms with E-state index in [-0.39, 0.29) is 6.03 Å². The van der Waals surface area contributed by atoms with Crippen LogP contribution in [0.2, 0.25) is 0 Å². The molecule has 23 heavy (non-hydrogen) atoms. The molecule has 4 nitrogen and oxygen atoms in total. The highest BCUT2D eigenvalue weighted by Gasteiger charge is 2.29. The van der Waals surface area contributed by atoms with E-state index < -0.39 is 0 Å². The minimum atomic E-state index is -0.0510. The van der Waals surface area contributed by atoms with Crippen LogP contribution in [0.5, 0.6) is 0 Å². The van der Waals surface area contributed by atoms with Gasteiger partial charge in [-0.3, -0.25) is 0 Å². The van der Waals surface area contributed by atoms with Gasteiger partial charge < -0.3 is 15.5 Å². The van der Waals surface area contributed by atoms with Crippen molar-refractivity contribution in [2.75, 3.05) is 19.6 Å². The zero-order valence-electron chi connectivity index (χ0n) is 14.2. The minimum Gasteiger partial charge on any atom is -0.338 e. The van der Waals surface area contributed by atoms with E-state index in [1.807, 2.05) is 0 Å². The summed E-state index contributed by atoms with van der Waals surface area (Å²) < 4.78 is 0. The van der Waals surface area contributed by atoms with Crippen LogP contribution in [0.15, 0.2) is 24.3 Å². The third kappa shape index (κ3) is 4.71. The van der Waals surface area contributed by atoms with Gasteiger partial charge in [0.2, 0.25) is 0 Å². The zero-order chi connectivity index (χ0) is 16.1. The molecule has 1 aliphatic carbocycles. The van der Waals surface area contributed by atoms with Gasteiger partial charge in [0.05, 0.1) is 0 Å². The van der Waals surface area contributed by atoms with Gasteiger partial charge in [-0.2, -0.15) is 0 Å². The monoisotopic (exact) mass is 315 g/mol. The Bertz CT molecular complexity index is 508. The highest BCUT2D eigenvalue weighted by Crippen LogP contribution is 2.28. The van der Waals surface area contributed by atoms with Crippen molar-refractivity contribution in [1.29, 1.82) is 0 Å². The van der Waals surface area contributed by atoms with Crippen molar-refractivity contribution in [3.63, 3.8) is 0 Å². The van der Waals surface area contributed by atoms with Crippen LogP contribution < -0.4 is 10.6 Å². The number of carbonyl (C=O) groups excluding carboxylic acids is 1. The molecule has 1 saturated carbocycles. The molecule has 1 aromatic carbocycles. The number of nitrogens with zero attached hydrogens (tertiary/aromatic N) is 1. The largest absolute Gasteiger partial charge is 0.338 e. The first-order valence-electron chi connectivity index (χ1n) is 9.02. The number of aryl methyl sites for hydroxylation is 1. The molecule has 1 aromatic rings. The highest BCUT2D eigenvalue weighted by atomic mass is 16.2. The summed E-state index contributed by atoms with van der Waals surface area (Å²) in [6.45, 7) is 5.82. The van der Waals surface area contributed by atoms with Crippen LogP contribution in [-0.4, -0.2) is 36.6 Å². The maximum atomic E-state index is 11.9. The van der Waals surface area contributed by atoms with Crippen molar-refractivity contribution in [2.45, 2.75) is 51.6 Å². The average molecular weight is 315 g/mol. The number of hydrogen-bond donors (Lipinski definition) is 2. The smallest absolute Gasteiger partial charge is 0.315 e. The van der Waals surface area contributed by atoms with Crippen LogP contribution in [0.1, 0.15) is 43.2 Å². The van der Waals surface area contributed by atoms with Crippen LogP contribution in [0, 0.1) is 12.8 Å². The van der Waals surface area contributed by atoms with Gasteiger partial charge >= 0.3 is 6.03 Å². The molecule has 0 radical (unpaired) electrons. The van der Waals surface area contributed by atoms with Crippen molar-refractivity contribution in [3.8, 4) is 0 Å². The van der Waals surface area contributed by atoms with E-state index in [1.165, 1.54) is 44.2 Å². The lowest BCUT2D eigenvalue weighted by Gasteiger charge is -2.23. The van der Waals surface area contributed by atoms with Crippen LogP contribution in [-0.2, 0) is 6.54 Å². The number of rotatable bonds is 5. The van der Waals surface area contributed by atoms with Crippen molar-refractivity contribution >= 4 is 6.03 Å². The van der Waals surface area contributed by atoms with Crippen molar-refractivity contribution in [1.82, 2.24) is 15.5 Å². The molecule has 1 aliphatic heterocycles. The van der Waals surface area contributed by atoms with Crippen LogP contribution in [0.4, 0.5) is 4.79 Å².